The van der Waals surface area contributed by atoms with Crippen LogP contribution in [0.1, 0.15) is 53.9 Å². The number of aromatic carboxylic acids is 1. The third-order valence-corrected chi connectivity index (χ3v) is 5.69. The first-order valence-corrected chi connectivity index (χ1v) is 7.44. The molecule has 4 bridgehead atoms. The first-order valence-electron chi connectivity index (χ1n) is 7.44. The van der Waals surface area contributed by atoms with Crippen molar-refractivity contribution in [3.63, 3.8) is 0 Å². The molecule has 0 saturated heterocycles. The summed E-state index contributed by atoms with van der Waals surface area (Å²) in [5.41, 5.74) is 0.0244. The molecule has 0 aliphatic heterocycles. The molecule has 4 fully saturated rings. The molecule has 0 aromatic carbocycles. The predicted molar refractivity (Wildman–Crippen MR) is 71.6 cm³/mol. The molecule has 0 radical (unpaired) electrons. The predicted octanol–water partition coefficient (Wildman–Crippen LogP) is 2.01. The van der Waals surface area contributed by atoms with E-state index in [0.29, 0.717) is 17.4 Å². The summed E-state index contributed by atoms with van der Waals surface area (Å²) in [5.74, 6) is 1.86. The lowest BCUT2D eigenvalue weighted by atomic mass is 9.50. The number of hydrogen-bond acceptors (Lipinski definition) is 3. The van der Waals surface area contributed by atoms with E-state index >= 15 is 0 Å². The smallest absolute Gasteiger partial charge is 0.341 e. The maximum Gasteiger partial charge on any atom is 0.341 e. The lowest BCUT2D eigenvalue weighted by molar-refractivity contribution is -0.00335. The Morgan fingerprint density at radius 3 is 2.30 bits per heavy atom. The second-order valence-corrected chi connectivity index (χ2v) is 6.79. The Morgan fingerprint density at radius 2 is 1.75 bits per heavy atom. The summed E-state index contributed by atoms with van der Waals surface area (Å²) in [6.45, 7) is 0. The minimum atomic E-state index is -1.13. The van der Waals surface area contributed by atoms with Crippen LogP contribution in [0, 0.1) is 23.7 Å². The monoisotopic (exact) mass is 274 g/mol. The second-order valence-electron chi connectivity index (χ2n) is 6.79. The van der Waals surface area contributed by atoms with E-state index in [1.54, 1.807) is 6.20 Å². The van der Waals surface area contributed by atoms with Crippen LogP contribution in [0.25, 0.3) is 0 Å². The van der Waals surface area contributed by atoms with Crippen molar-refractivity contribution in [2.45, 2.75) is 38.0 Å². The molecule has 20 heavy (non-hydrogen) atoms. The van der Waals surface area contributed by atoms with E-state index in [0.717, 1.165) is 11.8 Å². The molecule has 4 aliphatic carbocycles. The van der Waals surface area contributed by atoms with Crippen LogP contribution in [0.15, 0.2) is 11.0 Å². The number of nitrogens with zero attached hydrogens (tertiary/aromatic N) is 1. The second kappa shape index (κ2) is 4.17. The molecule has 1 aromatic rings. The Hall–Kier alpha value is -1.65. The number of nitrogens with one attached hydrogen (secondary N) is 1. The Morgan fingerprint density at radius 1 is 1.15 bits per heavy atom. The number of hydrogen-bond donors (Lipinski definition) is 2. The molecule has 0 unspecified atom stereocenters. The van der Waals surface area contributed by atoms with Gasteiger partial charge in [0.2, 0.25) is 0 Å². The molecular formula is C15H18N2O3. The average Bonchev–Trinajstić information content (AvgIpc) is 2.36. The normalized spacial score (nSPS) is 38.1. The van der Waals surface area contributed by atoms with E-state index in [-0.39, 0.29) is 11.5 Å². The summed E-state index contributed by atoms with van der Waals surface area (Å²) in [5, 5.41) is 15.5. The summed E-state index contributed by atoms with van der Waals surface area (Å²) in [6.07, 6.45) is 7.73. The maximum absolute atomic E-state index is 11.8. The van der Waals surface area contributed by atoms with Gasteiger partial charge in [0.1, 0.15) is 5.56 Å². The van der Waals surface area contributed by atoms with E-state index < -0.39 is 11.5 Å². The van der Waals surface area contributed by atoms with Crippen LogP contribution in [-0.4, -0.2) is 21.3 Å². The molecule has 5 heteroatoms. The van der Waals surface area contributed by atoms with Crippen molar-refractivity contribution in [2.24, 2.45) is 23.7 Å². The van der Waals surface area contributed by atoms with Crippen LogP contribution in [0.3, 0.4) is 0 Å². The van der Waals surface area contributed by atoms with Crippen LogP contribution in [0.5, 0.6) is 0 Å². The Labute approximate surface area is 116 Å². The highest BCUT2D eigenvalue weighted by Crippen LogP contribution is 2.59. The van der Waals surface area contributed by atoms with E-state index in [1.807, 2.05) is 0 Å². The van der Waals surface area contributed by atoms with Gasteiger partial charge in [-0.3, -0.25) is 4.79 Å². The fourth-order valence-electron chi connectivity index (χ4n) is 5.32. The Kier molecular flexibility index (Phi) is 2.53. The SMILES string of the molecule is O=C(O)c1c(C2C3CC4CC(C3)CC2C4)cn[nH]c1=O. The first kappa shape index (κ1) is 12.1. The number of carboxylic acid groups (broad SMARTS) is 1. The quantitative estimate of drug-likeness (QED) is 0.864. The molecule has 0 spiro atoms. The fraction of sp³-hybridized carbons (Fsp3) is 0.667. The van der Waals surface area contributed by atoms with Crippen LogP contribution in [0.4, 0.5) is 0 Å². The van der Waals surface area contributed by atoms with Gasteiger partial charge < -0.3 is 5.11 Å². The largest absolute Gasteiger partial charge is 0.477 e. The number of rotatable bonds is 2. The van der Waals surface area contributed by atoms with Gasteiger partial charge in [-0.05, 0) is 67.3 Å². The van der Waals surface area contributed by atoms with E-state index in [4.69, 9.17) is 0 Å². The molecule has 4 saturated carbocycles. The molecule has 1 heterocycles. The summed E-state index contributed by atoms with van der Waals surface area (Å²) >= 11 is 0. The zero-order chi connectivity index (χ0) is 13.9. The molecule has 2 N–H and O–H groups in total. The maximum atomic E-state index is 11.8. The van der Waals surface area contributed by atoms with Gasteiger partial charge in [-0.15, -0.1) is 0 Å². The van der Waals surface area contributed by atoms with Crippen molar-refractivity contribution in [1.29, 1.82) is 0 Å². The van der Waals surface area contributed by atoms with E-state index in [2.05, 4.69) is 10.2 Å². The fourth-order valence-corrected chi connectivity index (χ4v) is 5.32. The van der Waals surface area contributed by atoms with Gasteiger partial charge in [-0.25, -0.2) is 9.89 Å². The van der Waals surface area contributed by atoms with Gasteiger partial charge >= 0.3 is 5.97 Å². The molecule has 0 amide bonds. The van der Waals surface area contributed by atoms with Crippen molar-refractivity contribution in [1.82, 2.24) is 10.2 Å². The first-order chi connectivity index (χ1) is 9.63. The standard InChI is InChI=1S/C15H18N2O3/c18-14-13(15(19)20)11(6-16-17-14)12-9-2-7-1-8(4-9)5-10(12)3-7/h6-10,12H,1-5H2,(H,17,18)(H,19,20). The van der Waals surface area contributed by atoms with Crippen LogP contribution >= 0.6 is 0 Å². The summed E-state index contributed by atoms with van der Waals surface area (Å²) < 4.78 is 0. The molecule has 1 aromatic heterocycles. The van der Waals surface area contributed by atoms with Gasteiger partial charge in [-0.1, -0.05) is 0 Å². The molecule has 106 valence electrons. The van der Waals surface area contributed by atoms with Crippen molar-refractivity contribution < 1.29 is 9.90 Å². The minimum absolute atomic E-state index is 0.0857. The highest BCUT2D eigenvalue weighted by molar-refractivity contribution is 5.89. The lowest BCUT2D eigenvalue weighted by Gasteiger charge is -2.54. The molecular weight excluding hydrogens is 256 g/mol. The topological polar surface area (TPSA) is 83.0 Å². The molecule has 5 nitrogen and oxygen atoms in total. The Bertz CT molecular complexity index is 594. The number of aromatic amines is 1. The van der Waals surface area contributed by atoms with Gasteiger partial charge in [-0.2, -0.15) is 5.10 Å². The highest BCUT2D eigenvalue weighted by atomic mass is 16.4. The van der Waals surface area contributed by atoms with Gasteiger partial charge in [0.05, 0.1) is 6.20 Å². The summed E-state index contributed by atoms with van der Waals surface area (Å²) in [7, 11) is 0. The third-order valence-electron chi connectivity index (χ3n) is 5.69. The van der Waals surface area contributed by atoms with Gasteiger partial charge in [0.15, 0.2) is 0 Å². The zero-order valence-electron chi connectivity index (χ0n) is 11.2. The summed E-state index contributed by atoms with van der Waals surface area (Å²) in [4.78, 5) is 23.2. The molecule has 5 rings (SSSR count). The van der Waals surface area contributed by atoms with Crippen molar-refractivity contribution in [3.8, 4) is 0 Å². The molecule has 4 aliphatic rings. The van der Waals surface area contributed by atoms with Gasteiger partial charge in [0, 0.05) is 0 Å². The van der Waals surface area contributed by atoms with Crippen molar-refractivity contribution in [2.75, 3.05) is 0 Å². The van der Waals surface area contributed by atoms with Crippen LogP contribution in [-0.2, 0) is 0 Å². The zero-order valence-corrected chi connectivity index (χ0v) is 11.2. The number of carboxylic acids is 1. The van der Waals surface area contributed by atoms with Gasteiger partial charge in [0.25, 0.3) is 5.56 Å². The minimum Gasteiger partial charge on any atom is -0.477 e. The van der Waals surface area contributed by atoms with E-state index in [9.17, 15) is 14.7 Å². The van der Waals surface area contributed by atoms with Crippen molar-refractivity contribution >= 4 is 5.97 Å². The Balaban J connectivity index is 1.80. The van der Waals surface area contributed by atoms with Crippen molar-refractivity contribution in [3.05, 3.63) is 27.7 Å². The third kappa shape index (κ3) is 1.65. The lowest BCUT2D eigenvalue weighted by Crippen LogP contribution is -2.44. The molecule has 0 atom stereocenters. The van der Waals surface area contributed by atoms with E-state index in [1.165, 1.54) is 32.1 Å². The summed E-state index contributed by atoms with van der Waals surface area (Å²) in [6, 6.07) is 0. The average molecular weight is 274 g/mol. The van der Waals surface area contributed by atoms with Crippen LogP contribution < -0.4 is 5.56 Å². The number of carbonyl (C=O) groups is 1. The number of H-pyrrole nitrogens is 1. The highest BCUT2D eigenvalue weighted by Gasteiger charge is 2.49. The van der Waals surface area contributed by atoms with Crippen LogP contribution in [0.2, 0.25) is 0 Å². The number of aromatic nitrogens is 2.